The summed E-state index contributed by atoms with van der Waals surface area (Å²) >= 11 is 0. The number of hydrogen-bond acceptors (Lipinski definition) is 2. The van der Waals surface area contributed by atoms with Crippen LogP contribution in [0.2, 0.25) is 0 Å². The van der Waals surface area contributed by atoms with Crippen LogP contribution in [0.3, 0.4) is 0 Å². The molecule has 1 aromatic carbocycles. The van der Waals surface area contributed by atoms with Gasteiger partial charge in [-0.25, -0.2) is 0 Å². The van der Waals surface area contributed by atoms with Crippen molar-refractivity contribution < 1.29 is 9.53 Å². The van der Waals surface area contributed by atoms with Gasteiger partial charge in [-0.3, -0.25) is 4.79 Å². The molecule has 0 N–H and O–H groups in total. The molecule has 1 aromatic rings. The Morgan fingerprint density at radius 1 is 1.33 bits per heavy atom. The second kappa shape index (κ2) is 5.89. The maximum atomic E-state index is 12.4. The van der Waals surface area contributed by atoms with Crippen molar-refractivity contribution in [2.45, 2.75) is 39.2 Å². The zero-order chi connectivity index (χ0) is 13.0. The molecule has 1 atom stereocenters. The molecule has 1 amide bonds. The Morgan fingerprint density at radius 2 is 2.06 bits per heavy atom. The highest BCUT2D eigenvalue weighted by Gasteiger charge is 2.23. The number of benzene rings is 1. The maximum absolute atomic E-state index is 12.4. The van der Waals surface area contributed by atoms with E-state index in [0.29, 0.717) is 12.6 Å². The summed E-state index contributed by atoms with van der Waals surface area (Å²) in [6.07, 6.45) is 3.46. The van der Waals surface area contributed by atoms with Crippen LogP contribution in [0.4, 0.5) is 0 Å². The first-order chi connectivity index (χ1) is 8.72. The van der Waals surface area contributed by atoms with Gasteiger partial charge in [-0.05, 0) is 57.4 Å². The molecular formula is C15H21NO2. The van der Waals surface area contributed by atoms with Gasteiger partial charge in [0.2, 0.25) is 0 Å². The highest BCUT2D eigenvalue weighted by Crippen LogP contribution is 2.20. The molecule has 98 valence electrons. The van der Waals surface area contributed by atoms with Crippen molar-refractivity contribution in [3.8, 4) is 5.75 Å². The SMILES string of the molecule is CCOc1ccc(C(=O)N2CCCC[C@@H]2C)cc1. The van der Waals surface area contributed by atoms with Crippen LogP contribution in [0.15, 0.2) is 24.3 Å². The minimum absolute atomic E-state index is 0.144. The number of piperidine rings is 1. The molecule has 1 heterocycles. The molecule has 0 aromatic heterocycles. The second-order valence-corrected chi connectivity index (χ2v) is 4.80. The third-order valence-corrected chi connectivity index (χ3v) is 3.48. The lowest BCUT2D eigenvalue weighted by molar-refractivity contribution is 0.0635. The second-order valence-electron chi connectivity index (χ2n) is 4.80. The quantitative estimate of drug-likeness (QED) is 0.821. The number of rotatable bonds is 3. The molecule has 3 heteroatoms. The third-order valence-electron chi connectivity index (χ3n) is 3.48. The summed E-state index contributed by atoms with van der Waals surface area (Å²) in [4.78, 5) is 14.3. The van der Waals surface area contributed by atoms with Crippen molar-refractivity contribution in [2.24, 2.45) is 0 Å². The van der Waals surface area contributed by atoms with Crippen LogP contribution >= 0.6 is 0 Å². The van der Waals surface area contributed by atoms with Gasteiger partial charge in [-0.2, -0.15) is 0 Å². The van der Waals surface area contributed by atoms with Crippen molar-refractivity contribution in [3.63, 3.8) is 0 Å². The average Bonchev–Trinajstić information content (AvgIpc) is 2.40. The molecule has 0 saturated carbocycles. The smallest absolute Gasteiger partial charge is 0.254 e. The van der Waals surface area contributed by atoms with Gasteiger partial charge in [0.05, 0.1) is 6.61 Å². The zero-order valence-electron chi connectivity index (χ0n) is 11.2. The number of likely N-dealkylation sites (tertiary alicyclic amines) is 1. The van der Waals surface area contributed by atoms with E-state index in [-0.39, 0.29) is 5.91 Å². The van der Waals surface area contributed by atoms with Crippen molar-refractivity contribution in [1.29, 1.82) is 0 Å². The first-order valence-electron chi connectivity index (χ1n) is 6.76. The first-order valence-corrected chi connectivity index (χ1v) is 6.76. The maximum Gasteiger partial charge on any atom is 0.254 e. The van der Waals surface area contributed by atoms with Gasteiger partial charge < -0.3 is 9.64 Å². The number of nitrogens with zero attached hydrogens (tertiary/aromatic N) is 1. The fraction of sp³-hybridized carbons (Fsp3) is 0.533. The fourth-order valence-electron chi connectivity index (χ4n) is 2.43. The van der Waals surface area contributed by atoms with Crippen molar-refractivity contribution in [2.75, 3.05) is 13.2 Å². The Balaban J connectivity index is 2.08. The summed E-state index contributed by atoms with van der Waals surface area (Å²) in [5.41, 5.74) is 0.757. The Morgan fingerprint density at radius 3 is 2.67 bits per heavy atom. The molecule has 1 aliphatic heterocycles. The standard InChI is InChI=1S/C15H21NO2/c1-3-18-14-9-7-13(8-10-14)15(17)16-11-5-4-6-12(16)2/h7-10,12H,3-6,11H2,1-2H3/t12-/m0/s1. The van der Waals surface area contributed by atoms with Crippen LogP contribution < -0.4 is 4.74 Å². The van der Waals surface area contributed by atoms with Gasteiger partial charge in [-0.15, -0.1) is 0 Å². The van der Waals surface area contributed by atoms with E-state index in [1.807, 2.05) is 36.1 Å². The molecule has 0 unspecified atom stereocenters. The van der Waals surface area contributed by atoms with E-state index in [0.717, 1.165) is 30.7 Å². The molecule has 2 rings (SSSR count). The number of ether oxygens (including phenoxy) is 1. The number of hydrogen-bond donors (Lipinski definition) is 0. The molecule has 1 saturated heterocycles. The molecule has 0 bridgehead atoms. The molecule has 0 aliphatic carbocycles. The van der Waals surface area contributed by atoms with Crippen LogP contribution in [-0.2, 0) is 0 Å². The molecule has 1 aliphatic rings. The van der Waals surface area contributed by atoms with Crippen LogP contribution in [0, 0.1) is 0 Å². The Bertz CT molecular complexity index is 399. The molecule has 0 spiro atoms. The van der Waals surface area contributed by atoms with Gasteiger partial charge >= 0.3 is 0 Å². The molecule has 0 radical (unpaired) electrons. The van der Waals surface area contributed by atoms with Crippen LogP contribution in [0.1, 0.15) is 43.5 Å². The highest BCUT2D eigenvalue weighted by atomic mass is 16.5. The minimum Gasteiger partial charge on any atom is -0.494 e. The van der Waals surface area contributed by atoms with E-state index < -0.39 is 0 Å². The normalized spacial score (nSPS) is 19.7. The van der Waals surface area contributed by atoms with E-state index in [1.54, 1.807) is 0 Å². The topological polar surface area (TPSA) is 29.5 Å². The minimum atomic E-state index is 0.144. The summed E-state index contributed by atoms with van der Waals surface area (Å²) in [7, 11) is 0. The Hall–Kier alpha value is -1.51. The van der Waals surface area contributed by atoms with Crippen LogP contribution in [-0.4, -0.2) is 30.0 Å². The average molecular weight is 247 g/mol. The van der Waals surface area contributed by atoms with Gasteiger partial charge in [0, 0.05) is 18.2 Å². The molecule has 3 nitrogen and oxygen atoms in total. The largest absolute Gasteiger partial charge is 0.494 e. The molecule has 1 fully saturated rings. The monoisotopic (exact) mass is 247 g/mol. The van der Waals surface area contributed by atoms with Crippen molar-refractivity contribution >= 4 is 5.91 Å². The Kier molecular flexibility index (Phi) is 4.24. The number of amides is 1. The predicted molar refractivity (Wildman–Crippen MR) is 72.0 cm³/mol. The van der Waals surface area contributed by atoms with Crippen LogP contribution in [0.25, 0.3) is 0 Å². The summed E-state index contributed by atoms with van der Waals surface area (Å²) < 4.78 is 5.38. The molecular weight excluding hydrogens is 226 g/mol. The van der Waals surface area contributed by atoms with E-state index in [9.17, 15) is 4.79 Å². The van der Waals surface area contributed by atoms with Gasteiger partial charge in [-0.1, -0.05) is 0 Å². The number of carbonyl (C=O) groups excluding carboxylic acids is 1. The molecule has 18 heavy (non-hydrogen) atoms. The van der Waals surface area contributed by atoms with Gasteiger partial charge in [0.1, 0.15) is 5.75 Å². The summed E-state index contributed by atoms with van der Waals surface area (Å²) in [6.45, 7) is 5.61. The van der Waals surface area contributed by atoms with E-state index >= 15 is 0 Å². The predicted octanol–water partition coefficient (Wildman–Crippen LogP) is 3.10. The summed E-state index contributed by atoms with van der Waals surface area (Å²) in [6, 6.07) is 7.80. The lowest BCUT2D eigenvalue weighted by Gasteiger charge is -2.33. The van der Waals surface area contributed by atoms with Gasteiger partial charge in [0.25, 0.3) is 5.91 Å². The highest BCUT2D eigenvalue weighted by molar-refractivity contribution is 5.94. The first kappa shape index (κ1) is 12.9. The van der Waals surface area contributed by atoms with E-state index in [1.165, 1.54) is 6.42 Å². The lowest BCUT2D eigenvalue weighted by Crippen LogP contribution is -2.41. The zero-order valence-corrected chi connectivity index (χ0v) is 11.2. The van der Waals surface area contributed by atoms with E-state index in [2.05, 4.69) is 6.92 Å². The number of carbonyl (C=O) groups is 1. The fourth-order valence-corrected chi connectivity index (χ4v) is 2.43. The van der Waals surface area contributed by atoms with Crippen LogP contribution in [0.5, 0.6) is 5.75 Å². The third kappa shape index (κ3) is 2.84. The lowest BCUT2D eigenvalue weighted by atomic mass is 10.0. The Labute approximate surface area is 109 Å². The summed E-state index contributed by atoms with van der Waals surface area (Å²) in [5, 5.41) is 0. The van der Waals surface area contributed by atoms with Gasteiger partial charge in [0.15, 0.2) is 0 Å². The van der Waals surface area contributed by atoms with Crippen molar-refractivity contribution in [1.82, 2.24) is 4.90 Å². The summed E-state index contributed by atoms with van der Waals surface area (Å²) in [5.74, 6) is 0.964. The van der Waals surface area contributed by atoms with Crippen molar-refractivity contribution in [3.05, 3.63) is 29.8 Å². The van der Waals surface area contributed by atoms with E-state index in [4.69, 9.17) is 4.74 Å².